The third-order valence-corrected chi connectivity index (χ3v) is 3.98. The Balaban J connectivity index is 1.92. The molecule has 1 aliphatic rings. The van der Waals surface area contributed by atoms with Gasteiger partial charge in [-0.1, -0.05) is 17.7 Å². The minimum Gasteiger partial charge on any atom is -0.384 e. The molecule has 0 aliphatic carbocycles. The summed E-state index contributed by atoms with van der Waals surface area (Å²) in [6, 6.07) is 5.92. The summed E-state index contributed by atoms with van der Waals surface area (Å²) in [5.74, 6) is 0.110. The molecule has 2 atom stereocenters. The molecule has 1 saturated heterocycles. The van der Waals surface area contributed by atoms with E-state index in [9.17, 15) is 4.79 Å². The van der Waals surface area contributed by atoms with Gasteiger partial charge in [0.1, 0.15) is 6.10 Å². The number of anilines is 1. The molecule has 0 aromatic heterocycles. The topological polar surface area (TPSA) is 52.6 Å². The number of hydrogen-bond acceptors (Lipinski definition) is 3. The first kappa shape index (κ1) is 15.1. The van der Waals surface area contributed by atoms with Gasteiger partial charge in [0.15, 0.2) is 0 Å². The van der Waals surface area contributed by atoms with Gasteiger partial charge < -0.3 is 15.3 Å². The molecule has 0 spiro atoms. The number of rotatable bonds is 4. The summed E-state index contributed by atoms with van der Waals surface area (Å²) in [4.78, 5) is 13.7. The summed E-state index contributed by atoms with van der Waals surface area (Å²) in [7, 11) is 0. The van der Waals surface area contributed by atoms with Crippen LogP contribution < -0.4 is 10.2 Å². The van der Waals surface area contributed by atoms with Gasteiger partial charge in [-0.2, -0.15) is 0 Å². The van der Waals surface area contributed by atoms with E-state index in [4.69, 9.17) is 16.7 Å². The molecule has 5 heteroatoms. The highest BCUT2D eigenvalue weighted by molar-refractivity contribution is 6.30. The van der Waals surface area contributed by atoms with E-state index in [0.717, 1.165) is 24.5 Å². The Morgan fingerprint density at radius 3 is 3.05 bits per heavy atom. The predicted octanol–water partition coefficient (Wildman–Crippen LogP) is 1.97. The van der Waals surface area contributed by atoms with Gasteiger partial charge in [-0.3, -0.25) is 4.79 Å². The van der Waals surface area contributed by atoms with Crippen LogP contribution in [0.3, 0.4) is 0 Å². The summed E-state index contributed by atoms with van der Waals surface area (Å²) < 4.78 is 0. The number of carbonyl (C=O) groups is 1. The van der Waals surface area contributed by atoms with Crippen LogP contribution in [0.15, 0.2) is 18.2 Å². The molecule has 0 bridgehead atoms. The van der Waals surface area contributed by atoms with Crippen molar-refractivity contribution in [3.8, 4) is 0 Å². The maximum absolute atomic E-state index is 11.4. The number of aliphatic hydroxyl groups is 1. The first-order valence-electron chi connectivity index (χ1n) is 6.94. The van der Waals surface area contributed by atoms with Gasteiger partial charge in [-0.25, -0.2) is 0 Å². The largest absolute Gasteiger partial charge is 0.384 e. The summed E-state index contributed by atoms with van der Waals surface area (Å²) >= 11 is 6.06. The lowest BCUT2D eigenvalue weighted by atomic mass is 10.1. The Hall–Kier alpha value is -1.26. The molecule has 4 nitrogen and oxygen atoms in total. The fourth-order valence-corrected chi connectivity index (χ4v) is 2.70. The zero-order chi connectivity index (χ0) is 14.7. The lowest BCUT2D eigenvalue weighted by Crippen LogP contribution is -2.36. The third-order valence-electron chi connectivity index (χ3n) is 3.74. The third kappa shape index (κ3) is 3.64. The number of hydrogen-bond donors (Lipinski definition) is 2. The van der Waals surface area contributed by atoms with Crippen LogP contribution in [-0.4, -0.2) is 36.8 Å². The lowest BCUT2D eigenvalue weighted by Gasteiger charge is -2.21. The Bertz CT molecular complexity index is 491. The fraction of sp³-hybridized carbons (Fsp3) is 0.533. The number of carbonyl (C=O) groups excluding carboxylic acids is 1. The number of amides is 1. The first-order chi connectivity index (χ1) is 9.47. The van der Waals surface area contributed by atoms with Crippen molar-refractivity contribution in [3.63, 3.8) is 0 Å². The van der Waals surface area contributed by atoms with Gasteiger partial charge in [0.05, 0.1) is 0 Å². The average Bonchev–Trinajstić information content (AvgIpc) is 2.87. The van der Waals surface area contributed by atoms with E-state index in [1.54, 1.807) is 0 Å². The van der Waals surface area contributed by atoms with E-state index < -0.39 is 6.10 Å². The van der Waals surface area contributed by atoms with Gasteiger partial charge in [0.25, 0.3) is 0 Å². The normalized spacial score (nSPS) is 20.0. The van der Waals surface area contributed by atoms with Crippen molar-refractivity contribution >= 4 is 23.2 Å². The van der Waals surface area contributed by atoms with E-state index in [-0.39, 0.29) is 5.91 Å². The van der Waals surface area contributed by atoms with Gasteiger partial charge in [-0.05, 0) is 43.9 Å². The van der Waals surface area contributed by atoms with E-state index in [1.165, 1.54) is 18.2 Å². The molecule has 0 radical (unpaired) electrons. The number of halogens is 1. The van der Waals surface area contributed by atoms with Crippen molar-refractivity contribution in [1.82, 2.24) is 5.32 Å². The second-order valence-corrected chi connectivity index (χ2v) is 5.89. The van der Waals surface area contributed by atoms with Crippen LogP contribution in [0.5, 0.6) is 0 Å². The number of aryl methyl sites for hydroxylation is 1. The van der Waals surface area contributed by atoms with Crippen molar-refractivity contribution in [3.05, 3.63) is 28.8 Å². The van der Waals surface area contributed by atoms with Crippen LogP contribution in [0.2, 0.25) is 5.02 Å². The minimum absolute atomic E-state index is 0.303. The van der Waals surface area contributed by atoms with Crippen molar-refractivity contribution in [2.24, 2.45) is 5.92 Å². The molecule has 1 aliphatic heterocycles. The number of benzene rings is 1. The molecular formula is C15H21ClN2O2. The number of aliphatic hydroxyl groups excluding tert-OH is 1. The van der Waals surface area contributed by atoms with Crippen molar-refractivity contribution in [1.29, 1.82) is 0 Å². The van der Waals surface area contributed by atoms with Gasteiger partial charge in [-0.15, -0.1) is 0 Å². The zero-order valence-electron chi connectivity index (χ0n) is 11.9. The summed E-state index contributed by atoms with van der Waals surface area (Å²) in [5, 5.41) is 12.7. The molecule has 2 unspecified atom stereocenters. The SMILES string of the molecule is Cc1ccc(Cl)cc1N1CCC(CNC(=O)C(C)O)C1. The molecule has 1 aromatic rings. The van der Waals surface area contributed by atoms with Crippen LogP contribution >= 0.6 is 11.6 Å². The maximum Gasteiger partial charge on any atom is 0.248 e. The summed E-state index contributed by atoms with van der Waals surface area (Å²) in [6.45, 7) is 6.04. The van der Waals surface area contributed by atoms with E-state index in [2.05, 4.69) is 17.1 Å². The standard InChI is InChI=1S/C15H21ClN2O2/c1-10-3-4-13(16)7-14(10)18-6-5-12(9-18)8-17-15(20)11(2)19/h3-4,7,11-12,19H,5-6,8-9H2,1-2H3,(H,17,20). The minimum atomic E-state index is -0.942. The molecule has 1 heterocycles. The van der Waals surface area contributed by atoms with Crippen molar-refractivity contribution < 1.29 is 9.90 Å². The lowest BCUT2D eigenvalue weighted by molar-refractivity contribution is -0.128. The van der Waals surface area contributed by atoms with Crippen LogP contribution in [0.25, 0.3) is 0 Å². The second-order valence-electron chi connectivity index (χ2n) is 5.45. The molecule has 1 fully saturated rings. The fourth-order valence-electron chi connectivity index (χ4n) is 2.53. The van der Waals surface area contributed by atoms with E-state index in [1.807, 2.05) is 18.2 Å². The molecule has 20 heavy (non-hydrogen) atoms. The van der Waals surface area contributed by atoms with Crippen LogP contribution in [-0.2, 0) is 4.79 Å². The smallest absolute Gasteiger partial charge is 0.248 e. The summed E-state index contributed by atoms with van der Waals surface area (Å²) in [5.41, 5.74) is 2.38. The van der Waals surface area contributed by atoms with Crippen LogP contribution in [0.1, 0.15) is 18.9 Å². The van der Waals surface area contributed by atoms with Gasteiger partial charge >= 0.3 is 0 Å². The molecule has 2 N–H and O–H groups in total. The Kier molecular flexibility index (Phi) is 4.89. The first-order valence-corrected chi connectivity index (χ1v) is 7.32. The van der Waals surface area contributed by atoms with Crippen LogP contribution in [0, 0.1) is 12.8 Å². The quantitative estimate of drug-likeness (QED) is 0.893. The molecular weight excluding hydrogens is 276 g/mol. The highest BCUT2D eigenvalue weighted by atomic mass is 35.5. The molecule has 110 valence electrons. The zero-order valence-corrected chi connectivity index (χ0v) is 12.7. The maximum atomic E-state index is 11.4. The predicted molar refractivity (Wildman–Crippen MR) is 81.2 cm³/mol. The van der Waals surface area contributed by atoms with Crippen LogP contribution in [0.4, 0.5) is 5.69 Å². The Labute approximate surface area is 124 Å². The monoisotopic (exact) mass is 296 g/mol. The molecule has 1 aromatic carbocycles. The molecule has 0 saturated carbocycles. The summed E-state index contributed by atoms with van der Waals surface area (Å²) in [6.07, 6.45) is 0.0918. The average molecular weight is 297 g/mol. The second kappa shape index (κ2) is 6.46. The number of nitrogens with zero attached hydrogens (tertiary/aromatic N) is 1. The molecule has 2 rings (SSSR count). The number of nitrogens with one attached hydrogen (secondary N) is 1. The Morgan fingerprint density at radius 1 is 1.60 bits per heavy atom. The highest BCUT2D eigenvalue weighted by Gasteiger charge is 2.24. The molecule has 1 amide bonds. The van der Waals surface area contributed by atoms with Gasteiger partial charge in [0.2, 0.25) is 5.91 Å². The van der Waals surface area contributed by atoms with Crippen molar-refractivity contribution in [2.75, 3.05) is 24.5 Å². The Morgan fingerprint density at radius 2 is 2.35 bits per heavy atom. The van der Waals surface area contributed by atoms with E-state index in [0.29, 0.717) is 12.5 Å². The van der Waals surface area contributed by atoms with E-state index >= 15 is 0 Å². The van der Waals surface area contributed by atoms with Gasteiger partial charge in [0, 0.05) is 30.3 Å². The van der Waals surface area contributed by atoms with Crippen molar-refractivity contribution in [2.45, 2.75) is 26.4 Å². The highest BCUT2D eigenvalue weighted by Crippen LogP contribution is 2.29.